The summed E-state index contributed by atoms with van der Waals surface area (Å²) in [6.07, 6.45) is 6.64. The van der Waals surface area contributed by atoms with Gasteiger partial charge < -0.3 is 19.1 Å². The van der Waals surface area contributed by atoms with Gasteiger partial charge in [-0.2, -0.15) is 0 Å². The van der Waals surface area contributed by atoms with Crippen molar-refractivity contribution < 1.29 is 14.3 Å². The zero-order valence-corrected chi connectivity index (χ0v) is 17.8. The van der Waals surface area contributed by atoms with Crippen LogP contribution in [-0.2, 0) is 11.3 Å². The molecule has 0 saturated carbocycles. The first-order valence-electron chi connectivity index (χ1n) is 10.7. The molecule has 1 aromatic carbocycles. The molecule has 2 fully saturated rings. The molecule has 2 amide bonds. The summed E-state index contributed by atoms with van der Waals surface area (Å²) in [6, 6.07) is 7.20. The fourth-order valence-electron chi connectivity index (χ4n) is 4.55. The van der Waals surface area contributed by atoms with E-state index in [0.717, 1.165) is 44.7 Å². The number of hydrogen-bond donors (Lipinski definition) is 0. The van der Waals surface area contributed by atoms with E-state index in [0.29, 0.717) is 30.3 Å². The highest BCUT2D eigenvalue weighted by atomic mass is 16.5. The number of methoxy groups -OCH3 is 1. The minimum absolute atomic E-state index is 0.0291. The van der Waals surface area contributed by atoms with E-state index in [1.165, 1.54) is 0 Å². The van der Waals surface area contributed by atoms with Crippen LogP contribution >= 0.6 is 0 Å². The Hall–Kier alpha value is -2.83. The quantitative estimate of drug-likeness (QED) is 0.760. The molecule has 1 aromatic heterocycles. The Kier molecular flexibility index (Phi) is 6.06. The van der Waals surface area contributed by atoms with E-state index < -0.39 is 0 Å². The number of aromatic nitrogens is 2. The lowest BCUT2D eigenvalue weighted by Gasteiger charge is -2.33. The van der Waals surface area contributed by atoms with Gasteiger partial charge in [-0.3, -0.25) is 9.59 Å². The van der Waals surface area contributed by atoms with Crippen LogP contribution in [0.5, 0.6) is 5.75 Å². The van der Waals surface area contributed by atoms with Crippen molar-refractivity contribution in [3.05, 3.63) is 48.0 Å². The van der Waals surface area contributed by atoms with Crippen LogP contribution in [0.25, 0.3) is 0 Å². The summed E-state index contributed by atoms with van der Waals surface area (Å²) in [7, 11) is 1.59. The number of ether oxygens (including phenoxy) is 1. The lowest BCUT2D eigenvalue weighted by molar-refractivity contribution is -0.136. The summed E-state index contributed by atoms with van der Waals surface area (Å²) < 4.78 is 7.41. The zero-order valence-electron chi connectivity index (χ0n) is 17.8. The summed E-state index contributed by atoms with van der Waals surface area (Å²) in [5.41, 5.74) is 0.609. The number of hydrogen-bond acceptors (Lipinski definition) is 4. The van der Waals surface area contributed by atoms with Crippen molar-refractivity contribution in [3.8, 4) is 5.75 Å². The molecule has 2 aromatic rings. The first-order valence-corrected chi connectivity index (χ1v) is 10.7. The fraction of sp³-hybridized carbons (Fsp3) is 0.522. The molecule has 2 saturated heterocycles. The second kappa shape index (κ2) is 8.90. The molecule has 160 valence electrons. The van der Waals surface area contributed by atoms with Gasteiger partial charge in [-0.15, -0.1) is 0 Å². The molecule has 1 atom stereocenters. The number of carbonyl (C=O) groups excluding carboxylic acids is 2. The van der Waals surface area contributed by atoms with Crippen molar-refractivity contribution in [2.75, 3.05) is 33.3 Å². The summed E-state index contributed by atoms with van der Waals surface area (Å²) in [5, 5.41) is 0. The third kappa shape index (κ3) is 4.35. The van der Waals surface area contributed by atoms with Crippen LogP contribution in [0.15, 0.2) is 36.7 Å². The minimum atomic E-state index is -0.0907. The predicted octanol–water partition coefficient (Wildman–Crippen LogP) is 2.60. The van der Waals surface area contributed by atoms with Gasteiger partial charge in [0.05, 0.1) is 13.0 Å². The van der Waals surface area contributed by atoms with Crippen LogP contribution in [0.4, 0.5) is 0 Å². The standard InChI is InChI=1S/C23H30N4O3/c1-17-24-9-13-26(17)15-18-6-10-25(11-7-18)23(29)20-8-12-27(16-20)22(28)19-4-3-5-21(14-19)30-2/h3-5,9,13-14,18,20H,6-8,10-12,15-16H2,1-2H3. The van der Waals surface area contributed by atoms with Crippen molar-refractivity contribution in [2.45, 2.75) is 32.7 Å². The maximum Gasteiger partial charge on any atom is 0.254 e. The molecule has 0 radical (unpaired) electrons. The normalized spacial score (nSPS) is 19.9. The Bertz CT molecular complexity index is 901. The Morgan fingerprint density at radius 1 is 1.13 bits per heavy atom. The molecule has 7 nitrogen and oxygen atoms in total. The molecule has 0 bridgehead atoms. The summed E-state index contributed by atoms with van der Waals surface area (Å²) >= 11 is 0. The maximum atomic E-state index is 13.0. The first-order chi connectivity index (χ1) is 14.5. The lowest BCUT2D eigenvalue weighted by atomic mass is 9.95. The monoisotopic (exact) mass is 410 g/mol. The Labute approximate surface area is 177 Å². The van der Waals surface area contributed by atoms with Gasteiger partial charge in [0.1, 0.15) is 11.6 Å². The number of carbonyl (C=O) groups is 2. The highest BCUT2D eigenvalue weighted by molar-refractivity contribution is 5.95. The van der Waals surface area contributed by atoms with E-state index in [9.17, 15) is 9.59 Å². The van der Waals surface area contributed by atoms with E-state index in [1.54, 1.807) is 24.1 Å². The van der Waals surface area contributed by atoms with Crippen LogP contribution in [-0.4, -0.2) is 64.5 Å². The van der Waals surface area contributed by atoms with E-state index in [1.807, 2.05) is 36.4 Å². The number of piperidine rings is 1. The van der Waals surface area contributed by atoms with Gasteiger partial charge in [0.2, 0.25) is 5.91 Å². The molecule has 2 aliphatic rings. The van der Waals surface area contributed by atoms with E-state index >= 15 is 0 Å². The lowest BCUT2D eigenvalue weighted by Crippen LogP contribution is -2.43. The number of rotatable bonds is 5. The van der Waals surface area contributed by atoms with Gasteiger partial charge in [-0.1, -0.05) is 6.07 Å². The largest absolute Gasteiger partial charge is 0.497 e. The van der Waals surface area contributed by atoms with Gasteiger partial charge in [0, 0.05) is 50.7 Å². The first kappa shape index (κ1) is 20.4. The van der Waals surface area contributed by atoms with Crippen molar-refractivity contribution in [3.63, 3.8) is 0 Å². The molecule has 7 heteroatoms. The topological polar surface area (TPSA) is 67.7 Å². The highest BCUT2D eigenvalue weighted by Crippen LogP contribution is 2.26. The third-order valence-corrected chi connectivity index (χ3v) is 6.45. The molecule has 0 N–H and O–H groups in total. The Morgan fingerprint density at radius 3 is 2.60 bits per heavy atom. The number of benzene rings is 1. The van der Waals surface area contributed by atoms with Gasteiger partial charge in [0.25, 0.3) is 5.91 Å². The number of amides is 2. The molecule has 2 aliphatic heterocycles. The number of likely N-dealkylation sites (tertiary alicyclic amines) is 2. The van der Waals surface area contributed by atoms with Gasteiger partial charge in [-0.25, -0.2) is 4.98 Å². The molecular weight excluding hydrogens is 380 g/mol. The summed E-state index contributed by atoms with van der Waals surface area (Å²) in [6.45, 7) is 5.73. The van der Waals surface area contributed by atoms with Crippen LogP contribution in [0.2, 0.25) is 0 Å². The second-order valence-corrected chi connectivity index (χ2v) is 8.36. The van der Waals surface area contributed by atoms with E-state index in [2.05, 4.69) is 9.55 Å². The van der Waals surface area contributed by atoms with Crippen LogP contribution < -0.4 is 4.74 Å². The zero-order chi connectivity index (χ0) is 21.1. The highest BCUT2D eigenvalue weighted by Gasteiger charge is 2.35. The van der Waals surface area contributed by atoms with Crippen LogP contribution in [0, 0.1) is 18.8 Å². The van der Waals surface area contributed by atoms with Gasteiger partial charge in [-0.05, 0) is 50.3 Å². The fourth-order valence-corrected chi connectivity index (χ4v) is 4.55. The number of aryl methyl sites for hydroxylation is 1. The van der Waals surface area contributed by atoms with Crippen molar-refractivity contribution in [1.82, 2.24) is 19.4 Å². The van der Waals surface area contributed by atoms with E-state index in [4.69, 9.17) is 4.74 Å². The minimum Gasteiger partial charge on any atom is -0.497 e. The number of imidazole rings is 1. The van der Waals surface area contributed by atoms with Gasteiger partial charge in [0.15, 0.2) is 0 Å². The average molecular weight is 411 g/mol. The Morgan fingerprint density at radius 2 is 1.90 bits per heavy atom. The molecule has 1 unspecified atom stereocenters. The van der Waals surface area contributed by atoms with E-state index in [-0.39, 0.29) is 17.7 Å². The van der Waals surface area contributed by atoms with Crippen LogP contribution in [0.1, 0.15) is 35.4 Å². The summed E-state index contributed by atoms with van der Waals surface area (Å²) in [4.78, 5) is 33.9. The predicted molar refractivity (Wildman–Crippen MR) is 113 cm³/mol. The SMILES string of the molecule is COc1cccc(C(=O)N2CCC(C(=O)N3CCC(Cn4ccnc4C)CC3)C2)c1. The number of nitrogens with zero attached hydrogens (tertiary/aromatic N) is 4. The Balaban J connectivity index is 1.29. The van der Waals surface area contributed by atoms with Crippen LogP contribution in [0.3, 0.4) is 0 Å². The van der Waals surface area contributed by atoms with Crippen molar-refractivity contribution >= 4 is 11.8 Å². The van der Waals surface area contributed by atoms with Gasteiger partial charge >= 0.3 is 0 Å². The molecule has 0 aliphatic carbocycles. The molecule has 4 rings (SSSR count). The average Bonchev–Trinajstić information content (AvgIpc) is 3.43. The second-order valence-electron chi connectivity index (χ2n) is 8.36. The summed E-state index contributed by atoms with van der Waals surface area (Å²) in [5.74, 6) is 2.37. The molecule has 0 spiro atoms. The van der Waals surface area contributed by atoms with Crippen molar-refractivity contribution in [1.29, 1.82) is 0 Å². The maximum absolute atomic E-state index is 13.0. The third-order valence-electron chi connectivity index (χ3n) is 6.45. The smallest absolute Gasteiger partial charge is 0.254 e. The molecule has 3 heterocycles. The van der Waals surface area contributed by atoms with Crippen molar-refractivity contribution in [2.24, 2.45) is 11.8 Å². The molecule has 30 heavy (non-hydrogen) atoms. The molecular formula is C23H30N4O3.